The number of piperidine rings is 1. The maximum atomic E-state index is 12.5. The zero-order valence-electron chi connectivity index (χ0n) is 17.6. The van der Waals surface area contributed by atoms with Crippen molar-refractivity contribution in [2.24, 2.45) is 11.3 Å². The molecular weight excluding hydrogens is 376 g/mol. The molecule has 0 aromatic heterocycles. The zero-order valence-corrected chi connectivity index (χ0v) is 18.4. The number of nitrogens with zero attached hydrogens (tertiary/aromatic N) is 2. The van der Waals surface area contributed by atoms with Gasteiger partial charge in [0.2, 0.25) is 5.91 Å². The lowest BCUT2D eigenvalue weighted by molar-refractivity contribution is -0.126. The zero-order chi connectivity index (χ0) is 20.9. The Labute approximate surface area is 173 Å². The Hall–Kier alpha value is -1.79. The van der Waals surface area contributed by atoms with Crippen molar-refractivity contribution >= 4 is 29.2 Å². The summed E-state index contributed by atoms with van der Waals surface area (Å²) >= 11 is 6.19. The molecule has 1 aliphatic heterocycles. The van der Waals surface area contributed by atoms with Gasteiger partial charge in [0.1, 0.15) is 0 Å². The third kappa shape index (κ3) is 6.67. The van der Waals surface area contributed by atoms with Gasteiger partial charge in [-0.05, 0) is 57.0 Å². The predicted molar refractivity (Wildman–Crippen MR) is 115 cm³/mol. The number of nitrogens with one attached hydrogen (secondary N) is 2. The van der Waals surface area contributed by atoms with Crippen LogP contribution in [0.2, 0.25) is 5.02 Å². The first kappa shape index (κ1) is 22.5. The second-order valence-corrected chi connectivity index (χ2v) is 9.20. The highest BCUT2D eigenvalue weighted by Crippen LogP contribution is 2.24. The lowest BCUT2D eigenvalue weighted by Gasteiger charge is -2.33. The maximum absolute atomic E-state index is 12.5. The van der Waals surface area contributed by atoms with Crippen molar-refractivity contribution in [1.29, 1.82) is 0 Å². The van der Waals surface area contributed by atoms with E-state index in [1.807, 2.05) is 39.2 Å². The third-order valence-corrected chi connectivity index (χ3v) is 5.32. The molecular formula is C21H33ClN4O2. The molecule has 28 heavy (non-hydrogen) atoms. The summed E-state index contributed by atoms with van der Waals surface area (Å²) < 4.78 is 0. The van der Waals surface area contributed by atoms with Gasteiger partial charge in [-0.3, -0.25) is 4.79 Å². The fraction of sp³-hybridized carbons (Fsp3) is 0.619. The number of hydrogen-bond acceptors (Lipinski definition) is 3. The highest BCUT2D eigenvalue weighted by atomic mass is 35.5. The number of benzene rings is 1. The second-order valence-electron chi connectivity index (χ2n) is 8.79. The van der Waals surface area contributed by atoms with Crippen molar-refractivity contribution in [3.8, 4) is 0 Å². The average molecular weight is 409 g/mol. The van der Waals surface area contributed by atoms with E-state index in [0.717, 1.165) is 12.1 Å². The summed E-state index contributed by atoms with van der Waals surface area (Å²) in [7, 11) is 4.07. The standard InChI is InChI=1S/C21H33ClN4O2/c1-15-6-7-18(17(22)12-15)24-20(28)26-10-8-16(9-11-26)19(27)23-13-21(2,3)14-25(4)5/h6-7,12,16H,8-11,13-14H2,1-5H3,(H,23,27)(H,24,28). The van der Waals surface area contributed by atoms with Crippen molar-refractivity contribution in [3.05, 3.63) is 28.8 Å². The molecule has 1 saturated heterocycles. The Morgan fingerprint density at radius 2 is 1.89 bits per heavy atom. The van der Waals surface area contributed by atoms with E-state index in [1.54, 1.807) is 4.90 Å². The Kier molecular flexibility index (Phi) is 7.72. The van der Waals surface area contributed by atoms with Crippen LogP contribution in [0.1, 0.15) is 32.3 Å². The van der Waals surface area contributed by atoms with E-state index in [1.165, 1.54) is 0 Å². The van der Waals surface area contributed by atoms with Crippen LogP contribution in [-0.2, 0) is 4.79 Å². The van der Waals surface area contributed by atoms with Gasteiger partial charge in [0.15, 0.2) is 0 Å². The van der Waals surface area contributed by atoms with Gasteiger partial charge in [0, 0.05) is 32.1 Å². The number of aryl methyl sites for hydroxylation is 1. The number of amides is 3. The van der Waals surface area contributed by atoms with E-state index >= 15 is 0 Å². The molecule has 3 amide bonds. The average Bonchev–Trinajstić information content (AvgIpc) is 2.61. The normalized spacial score (nSPS) is 15.6. The van der Waals surface area contributed by atoms with E-state index in [0.29, 0.717) is 43.2 Å². The highest BCUT2D eigenvalue weighted by molar-refractivity contribution is 6.33. The molecule has 0 saturated carbocycles. The van der Waals surface area contributed by atoms with Gasteiger partial charge in [0.05, 0.1) is 10.7 Å². The Balaban J connectivity index is 1.80. The first-order valence-corrected chi connectivity index (χ1v) is 10.2. The molecule has 0 atom stereocenters. The summed E-state index contributed by atoms with van der Waals surface area (Å²) in [6, 6.07) is 5.38. The van der Waals surface area contributed by atoms with Crippen LogP contribution in [0.25, 0.3) is 0 Å². The molecule has 2 rings (SSSR count). The van der Waals surface area contributed by atoms with Crippen LogP contribution in [0.15, 0.2) is 18.2 Å². The Morgan fingerprint density at radius 3 is 2.46 bits per heavy atom. The number of rotatable bonds is 6. The van der Waals surface area contributed by atoms with Gasteiger partial charge in [-0.15, -0.1) is 0 Å². The molecule has 1 aromatic rings. The number of hydrogen-bond donors (Lipinski definition) is 2. The Bertz CT molecular complexity index is 698. The van der Waals surface area contributed by atoms with Crippen LogP contribution in [-0.4, -0.2) is 62.0 Å². The minimum absolute atomic E-state index is 0.0209. The molecule has 1 fully saturated rings. The number of likely N-dealkylation sites (tertiary alicyclic amines) is 1. The van der Waals surface area contributed by atoms with Gasteiger partial charge in [-0.1, -0.05) is 31.5 Å². The summed E-state index contributed by atoms with van der Waals surface area (Å²) in [5.41, 5.74) is 1.68. The summed E-state index contributed by atoms with van der Waals surface area (Å²) in [5, 5.41) is 6.49. The molecule has 0 aliphatic carbocycles. The molecule has 1 aromatic carbocycles. The summed E-state index contributed by atoms with van der Waals surface area (Å²) in [6.07, 6.45) is 1.35. The van der Waals surface area contributed by atoms with Crippen molar-refractivity contribution in [1.82, 2.24) is 15.1 Å². The van der Waals surface area contributed by atoms with Crippen molar-refractivity contribution in [2.45, 2.75) is 33.6 Å². The van der Waals surface area contributed by atoms with Gasteiger partial charge >= 0.3 is 6.03 Å². The minimum Gasteiger partial charge on any atom is -0.355 e. The van der Waals surface area contributed by atoms with Gasteiger partial charge in [-0.2, -0.15) is 0 Å². The van der Waals surface area contributed by atoms with Crippen LogP contribution in [0.3, 0.4) is 0 Å². The van der Waals surface area contributed by atoms with Gasteiger partial charge in [0.25, 0.3) is 0 Å². The molecule has 2 N–H and O–H groups in total. The van der Waals surface area contributed by atoms with Crippen molar-refractivity contribution < 1.29 is 9.59 Å². The molecule has 6 nitrogen and oxygen atoms in total. The molecule has 0 unspecified atom stereocenters. The number of carbonyl (C=O) groups is 2. The fourth-order valence-electron chi connectivity index (χ4n) is 3.64. The number of carbonyl (C=O) groups excluding carboxylic acids is 2. The van der Waals surface area contributed by atoms with Gasteiger partial charge in [-0.25, -0.2) is 4.79 Å². The van der Waals surface area contributed by atoms with E-state index < -0.39 is 0 Å². The molecule has 7 heteroatoms. The largest absolute Gasteiger partial charge is 0.355 e. The van der Waals surface area contributed by atoms with Crippen LogP contribution in [0.4, 0.5) is 10.5 Å². The van der Waals surface area contributed by atoms with E-state index in [9.17, 15) is 9.59 Å². The first-order chi connectivity index (χ1) is 13.1. The molecule has 0 radical (unpaired) electrons. The Morgan fingerprint density at radius 1 is 1.25 bits per heavy atom. The highest BCUT2D eigenvalue weighted by Gasteiger charge is 2.29. The van der Waals surface area contributed by atoms with E-state index in [4.69, 9.17) is 11.6 Å². The van der Waals surface area contributed by atoms with Crippen LogP contribution in [0.5, 0.6) is 0 Å². The third-order valence-electron chi connectivity index (χ3n) is 5.00. The number of halogens is 1. The smallest absolute Gasteiger partial charge is 0.321 e. The summed E-state index contributed by atoms with van der Waals surface area (Å²) in [5.74, 6) is 0.0515. The summed E-state index contributed by atoms with van der Waals surface area (Å²) in [6.45, 7) is 8.94. The van der Waals surface area contributed by atoms with Crippen LogP contribution in [0, 0.1) is 18.3 Å². The first-order valence-electron chi connectivity index (χ1n) is 9.82. The van der Waals surface area contributed by atoms with E-state index in [2.05, 4.69) is 29.4 Å². The maximum Gasteiger partial charge on any atom is 0.321 e. The number of urea groups is 1. The number of anilines is 1. The fourth-order valence-corrected chi connectivity index (χ4v) is 3.93. The lowest BCUT2D eigenvalue weighted by Crippen LogP contribution is -2.46. The molecule has 156 valence electrons. The second kappa shape index (κ2) is 9.61. The molecule has 1 heterocycles. The SMILES string of the molecule is Cc1ccc(NC(=O)N2CCC(C(=O)NCC(C)(C)CN(C)C)CC2)c(Cl)c1. The van der Waals surface area contributed by atoms with Gasteiger partial charge < -0.3 is 20.4 Å². The van der Waals surface area contributed by atoms with E-state index in [-0.39, 0.29) is 23.3 Å². The predicted octanol–water partition coefficient (Wildman–Crippen LogP) is 3.60. The summed E-state index contributed by atoms with van der Waals surface area (Å²) in [4.78, 5) is 28.9. The molecule has 0 spiro atoms. The minimum atomic E-state index is -0.170. The van der Waals surface area contributed by atoms with Crippen LogP contribution < -0.4 is 10.6 Å². The van der Waals surface area contributed by atoms with Crippen molar-refractivity contribution in [3.63, 3.8) is 0 Å². The molecule has 1 aliphatic rings. The van der Waals surface area contributed by atoms with Crippen LogP contribution >= 0.6 is 11.6 Å². The lowest BCUT2D eigenvalue weighted by atomic mass is 9.91. The molecule has 0 bridgehead atoms. The topological polar surface area (TPSA) is 64.7 Å². The van der Waals surface area contributed by atoms with Crippen molar-refractivity contribution in [2.75, 3.05) is 45.6 Å². The monoisotopic (exact) mass is 408 g/mol. The quantitative estimate of drug-likeness (QED) is 0.755.